The molecule has 6 nitrogen and oxygen atoms in total. The predicted molar refractivity (Wildman–Crippen MR) is 76.5 cm³/mol. The van der Waals surface area contributed by atoms with Crippen LogP contribution in [0.2, 0.25) is 0 Å². The second kappa shape index (κ2) is 7.80. The highest BCUT2D eigenvalue weighted by molar-refractivity contribution is 5.96. The zero-order valence-electron chi connectivity index (χ0n) is 11.9. The van der Waals surface area contributed by atoms with Crippen molar-refractivity contribution in [3.8, 4) is 11.1 Å². The summed E-state index contributed by atoms with van der Waals surface area (Å²) in [5, 5.41) is 4.13. The molecular weight excluding hydrogens is 288 g/mol. The molecule has 0 aliphatic carbocycles. The Bertz CT molecular complexity index is 638. The van der Waals surface area contributed by atoms with E-state index in [0.29, 0.717) is 5.56 Å². The van der Waals surface area contributed by atoms with Gasteiger partial charge in [-0.05, 0) is 24.1 Å². The molecule has 0 radical (unpaired) electrons. The van der Waals surface area contributed by atoms with Gasteiger partial charge in [0.2, 0.25) is 0 Å². The number of ether oxygens (including phenoxy) is 1. The van der Waals surface area contributed by atoms with Gasteiger partial charge in [0.05, 0.1) is 17.2 Å². The van der Waals surface area contributed by atoms with E-state index in [1.54, 1.807) is 31.2 Å². The lowest BCUT2D eigenvalue weighted by Crippen LogP contribution is -2.12. The van der Waals surface area contributed by atoms with Crippen molar-refractivity contribution < 1.29 is 29.1 Å². The molecule has 22 heavy (non-hydrogen) atoms. The average Bonchev–Trinajstić information content (AvgIpc) is 2.56. The summed E-state index contributed by atoms with van der Waals surface area (Å²) < 4.78 is 4.44. The summed E-state index contributed by atoms with van der Waals surface area (Å²) in [6.07, 6.45) is -1.09. The lowest BCUT2D eigenvalue weighted by Gasteiger charge is -2.07. The summed E-state index contributed by atoms with van der Waals surface area (Å²) in [6, 6.07) is 16.2. The van der Waals surface area contributed by atoms with Crippen LogP contribution in [0.25, 0.3) is 11.1 Å². The van der Waals surface area contributed by atoms with E-state index in [-0.39, 0.29) is 12.2 Å². The molecule has 0 saturated carbocycles. The molecule has 0 bridgehead atoms. The predicted octanol–water partition coefficient (Wildman–Crippen LogP) is 3.53. The van der Waals surface area contributed by atoms with Gasteiger partial charge in [-0.2, -0.15) is 0 Å². The summed E-state index contributed by atoms with van der Waals surface area (Å²) in [7, 11) is 0. The van der Waals surface area contributed by atoms with Gasteiger partial charge in [-0.1, -0.05) is 48.5 Å². The third-order valence-electron chi connectivity index (χ3n) is 2.71. The molecule has 2 aromatic rings. The fourth-order valence-corrected chi connectivity index (χ4v) is 1.79. The summed E-state index contributed by atoms with van der Waals surface area (Å²) in [6.45, 7) is 1.72. The van der Waals surface area contributed by atoms with Crippen LogP contribution in [-0.4, -0.2) is 18.7 Å². The molecule has 2 aromatic carbocycles. The number of carbonyl (C=O) groups excluding carboxylic acids is 2. The molecule has 0 aromatic heterocycles. The molecule has 0 aliphatic heterocycles. The molecule has 114 valence electrons. The number of carbonyl (C=O) groups is 2. The van der Waals surface area contributed by atoms with Crippen LogP contribution in [-0.2, 0) is 19.6 Å². The van der Waals surface area contributed by atoms with Crippen LogP contribution in [0.1, 0.15) is 17.3 Å². The minimum Gasteiger partial charge on any atom is -0.433 e. The molecule has 2 rings (SSSR count). The van der Waals surface area contributed by atoms with Gasteiger partial charge >= 0.3 is 12.1 Å². The number of hydrogen-bond donors (Lipinski definition) is 0. The smallest absolute Gasteiger partial charge is 0.433 e. The van der Waals surface area contributed by atoms with Gasteiger partial charge in [0.1, 0.15) is 0 Å². The van der Waals surface area contributed by atoms with Crippen molar-refractivity contribution in [3.05, 3.63) is 60.2 Å². The van der Waals surface area contributed by atoms with Crippen molar-refractivity contribution in [2.75, 3.05) is 6.61 Å². The maximum absolute atomic E-state index is 12.0. The molecular formula is C16H14O6. The molecule has 0 aliphatic rings. The van der Waals surface area contributed by atoms with Crippen LogP contribution < -0.4 is 0 Å². The van der Waals surface area contributed by atoms with E-state index < -0.39 is 12.1 Å². The van der Waals surface area contributed by atoms with Gasteiger partial charge in [-0.25, -0.2) is 14.5 Å². The first-order chi connectivity index (χ1) is 10.7. The quantitative estimate of drug-likeness (QED) is 0.478. The van der Waals surface area contributed by atoms with Crippen molar-refractivity contribution in [2.45, 2.75) is 6.92 Å². The molecule has 6 heteroatoms. The Balaban J connectivity index is 2.06. The molecule has 0 heterocycles. The van der Waals surface area contributed by atoms with E-state index in [1.807, 2.05) is 30.3 Å². The van der Waals surface area contributed by atoms with Crippen molar-refractivity contribution in [1.82, 2.24) is 0 Å². The fourth-order valence-electron chi connectivity index (χ4n) is 1.79. The van der Waals surface area contributed by atoms with Gasteiger partial charge in [-0.15, -0.1) is 0 Å². The Morgan fingerprint density at radius 3 is 2.32 bits per heavy atom. The summed E-state index contributed by atoms with van der Waals surface area (Å²) >= 11 is 0. The van der Waals surface area contributed by atoms with Crippen LogP contribution >= 0.6 is 0 Å². The highest BCUT2D eigenvalue weighted by Crippen LogP contribution is 2.24. The summed E-state index contributed by atoms with van der Waals surface area (Å²) in [5.41, 5.74) is 1.80. The first-order valence-electron chi connectivity index (χ1n) is 6.59. The van der Waals surface area contributed by atoms with Crippen molar-refractivity contribution in [2.24, 2.45) is 0 Å². The van der Waals surface area contributed by atoms with E-state index in [4.69, 9.17) is 0 Å². The number of rotatable bonds is 5. The molecule has 0 amide bonds. The Morgan fingerprint density at radius 2 is 1.59 bits per heavy atom. The Labute approximate surface area is 127 Å². The van der Waals surface area contributed by atoms with Gasteiger partial charge < -0.3 is 4.74 Å². The molecule has 0 saturated heterocycles. The first-order valence-corrected chi connectivity index (χ1v) is 6.59. The molecule has 0 unspecified atom stereocenters. The van der Waals surface area contributed by atoms with Crippen molar-refractivity contribution in [3.63, 3.8) is 0 Å². The number of hydrogen-bond acceptors (Lipinski definition) is 6. The van der Waals surface area contributed by atoms with E-state index in [1.165, 1.54) is 0 Å². The Kier molecular flexibility index (Phi) is 5.50. The normalized spacial score (nSPS) is 9.86. The Hall–Kier alpha value is -2.86. The highest BCUT2D eigenvalue weighted by Gasteiger charge is 2.16. The Morgan fingerprint density at radius 1 is 0.909 bits per heavy atom. The average molecular weight is 302 g/mol. The third kappa shape index (κ3) is 4.07. The molecule has 0 atom stereocenters. The minimum absolute atomic E-state index is 0.118. The first kappa shape index (κ1) is 15.5. The highest BCUT2D eigenvalue weighted by atomic mass is 17.5. The molecule has 0 N–H and O–H groups in total. The lowest BCUT2D eigenvalue weighted by atomic mass is 10.00. The lowest BCUT2D eigenvalue weighted by molar-refractivity contribution is -0.452. The second-order valence-corrected chi connectivity index (χ2v) is 4.12. The van der Waals surface area contributed by atoms with Crippen molar-refractivity contribution >= 4 is 12.1 Å². The van der Waals surface area contributed by atoms with Crippen molar-refractivity contribution in [1.29, 1.82) is 0 Å². The summed E-state index contributed by atoms with van der Waals surface area (Å²) in [4.78, 5) is 31.4. The maximum Gasteiger partial charge on any atom is 0.543 e. The SMILES string of the molecule is CCOC(=O)OOOC(=O)c1ccccc1-c1ccccc1. The van der Waals surface area contributed by atoms with Crippen LogP contribution in [0.15, 0.2) is 54.6 Å². The standard InChI is InChI=1S/C16H14O6/c1-2-19-16(18)21-22-20-15(17)14-11-7-6-10-13(14)12-8-4-3-5-9-12/h3-11H,2H2,1H3. The third-order valence-corrected chi connectivity index (χ3v) is 2.71. The molecule has 0 spiro atoms. The van der Waals surface area contributed by atoms with E-state index >= 15 is 0 Å². The van der Waals surface area contributed by atoms with E-state index in [9.17, 15) is 9.59 Å². The van der Waals surface area contributed by atoms with Crippen LogP contribution in [0.4, 0.5) is 4.79 Å². The fraction of sp³-hybridized carbons (Fsp3) is 0.125. The zero-order chi connectivity index (χ0) is 15.8. The van der Waals surface area contributed by atoms with Gasteiger partial charge in [0.15, 0.2) is 0 Å². The zero-order valence-corrected chi connectivity index (χ0v) is 11.9. The largest absolute Gasteiger partial charge is 0.543 e. The number of benzene rings is 2. The minimum atomic E-state index is -1.09. The van der Waals surface area contributed by atoms with Gasteiger partial charge in [0, 0.05) is 0 Å². The van der Waals surface area contributed by atoms with E-state index in [2.05, 4.69) is 19.6 Å². The van der Waals surface area contributed by atoms with Crippen LogP contribution in [0.5, 0.6) is 0 Å². The van der Waals surface area contributed by atoms with Gasteiger partial charge in [0.25, 0.3) is 0 Å². The van der Waals surface area contributed by atoms with Crippen LogP contribution in [0, 0.1) is 0 Å². The second-order valence-electron chi connectivity index (χ2n) is 4.12. The van der Waals surface area contributed by atoms with Gasteiger partial charge in [-0.3, -0.25) is 4.89 Å². The summed E-state index contributed by atoms with van der Waals surface area (Å²) in [5.74, 6) is -0.788. The monoisotopic (exact) mass is 302 g/mol. The topological polar surface area (TPSA) is 71.1 Å². The molecule has 0 fully saturated rings. The van der Waals surface area contributed by atoms with E-state index in [0.717, 1.165) is 5.56 Å². The maximum atomic E-state index is 12.0. The van der Waals surface area contributed by atoms with Crippen LogP contribution in [0.3, 0.4) is 0 Å².